The van der Waals surface area contributed by atoms with E-state index < -0.39 is 0 Å². The lowest BCUT2D eigenvalue weighted by Gasteiger charge is -2.07. The highest BCUT2D eigenvalue weighted by Gasteiger charge is 2.08. The molecule has 1 aromatic carbocycles. The predicted octanol–water partition coefficient (Wildman–Crippen LogP) is 2.35. The van der Waals surface area contributed by atoms with Crippen molar-refractivity contribution >= 4 is 11.6 Å². The van der Waals surface area contributed by atoms with Gasteiger partial charge in [-0.05, 0) is 37.3 Å². The van der Waals surface area contributed by atoms with E-state index >= 15 is 0 Å². The van der Waals surface area contributed by atoms with Crippen molar-refractivity contribution in [2.24, 2.45) is 0 Å². The average molecular weight is 228 g/mol. The highest BCUT2D eigenvalue weighted by atomic mass is 16.3. The standard InChI is InChI=1S/C13H12N2O2/c1-9-12(6-3-7-14-9)15-13(17)10-4-2-5-11(16)8-10/h2-8,16H,1H3,(H,15,17). The zero-order valence-corrected chi connectivity index (χ0v) is 9.34. The van der Waals surface area contributed by atoms with Crippen LogP contribution in [-0.2, 0) is 0 Å². The molecule has 17 heavy (non-hydrogen) atoms. The highest BCUT2D eigenvalue weighted by Crippen LogP contribution is 2.15. The molecular formula is C13H12N2O2. The summed E-state index contributed by atoms with van der Waals surface area (Å²) in [6, 6.07) is 9.74. The van der Waals surface area contributed by atoms with Crippen molar-refractivity contribution in [2.75, 3.05) is 5.32 Å². The van der Waals surface area contributed by atoms with E-state index in [0.29, 0.717) is 11.3 Å². The number of anilines is 1. The summed E-state index contributed by atoms with van der Waals surface area (Å²) in [4.78, 5) is 15.9. The molecule has 0 spiro atoms. The molecule has 0 aliphatic carbocycles. The molecule has 0 radical (unpaired) electrons. The number of aromatic nitrogens is 1. The van der Waals surface area contributed by atoms with Gasteiger partial charge in [-0.3, -0.25) is 9.78 Å². The molecule has 0 atom stereocenters. The van der Waals surface area contributed by atoms with Crippen LogP contribution in [0.4, 0.5) is 5.69 Å². The van der Waals surface area contributed by atoms with E-state index in [-0.39, 0.29) is 11.7 Å². The smallest absolute Gasteiger partial charge is 0.255 e. The Bertz CT molecular complexity index is 553. The Balaban J connectivity index is 2.20. The molecule has 2 rings (SSSR count). The van der Waals surface area contributed by atoms with E-state index in [2.05, 4.69) is 10.3 Å². The summed E-state index contributed by atoms with van der Waals surface area (Å²) < 4.78 is 0. The lowest BCUT2D eigenvalue weighted by atomic mass is 10.2. The van der Waals surface area contributed by atoms with Crippen LogP contribution in [0.3, 0.4) is 0 Å². The fourth-order valence-electron chi connectivity index (χ4n) is 1.46. The monoisotopic (exact) mass is 228 g/mol. The number of amides is 1. The van der Waals surface area contributed by atoms with E-state index in [1.54, 1.807) is 30.5 Å². The number of nitrogens with zero attached hydrogens (tertiary/aromatic N) is 1. The van der Waals surface area contributed by atoms with Gasteiger partial charge in [0.2, 0.25) is 0 Å². The number of phenolic OH excluding ortho intramolecular Hbond substituents is 1. The van der Waals surface area contributed by atoms with E-state index in [1.165, 1.54) is 12.1 Å². The third-order valence-corrected chi connectivity index (χ3v) is 2.36. The summed E-state index contributed by atoms with van der Waals surface area (Å²) in [6.45, 7) is 1.82. The Morgan fingerprint density at radius 3 is 2.82 bits per heavy atom. The van der Waals surface area contributed by atoms with Crippen LogP contribution in [0.15, 0.2) is 42.6 Å². The second-order valence-electron chi connectivity index (χ2n) is 3.64. The van der Waals surface area contributed by atoms with Gasteiger partial charge in [0.25, 0.3) is 5.91 Å². The number of pyridine rings is 1. The predicted molar refractivity (Wildman–Crippen MR) is 65.0 cm³/mol. The minimum Gasteiger partial charge on any atom is -0.508 e. The maximum absolute atomic E-state index is 11.9. The van der Waals surface area contributed by atoms with Crippen LogP contribution in [-0.4, -0.2) is 16.0 Å². The van der Waals surface area contributed by atoms with Gasteiger partial charge in [-0.15, -0.1) is 0 Å². The summed E-state index contributed by atoms with van der Waals surface area (Å²) in [5.41, 5.74) is 1.83. The third-order valence-electron chi connectivity index (χ3n) is 2.36. The molecule has 0 unspecified atom stereocenters. The number of carbonyl (C=O) groups is 1. The van der Waals surface area contributed by atoms with Gasteiger partial charge < -0.3 is 10.4 Å². The van der Waals surface area contributed by atoms with Crippen LogP contribution in [0.1, 0.15) is 16.1 Å². The maximum Gasteiger partial charge on any atom is 0.255 e. The fraction of sp³-hybridized carbons (Fsp3) is 0.0769. The molecule has 0 aliphatic rings. The largest absolute Gasteiger partial charge is 0.508 e. The number of aryl methyl sites for hydroxylation is 1. The summed E-state index contributed by atoms with van der Waals surface area (Å²) in [6.07, 6.45) is 1.67. The molecule has 0 saturated heterocycles. The van der Waals surface area contributed by atoms with E-state index in [0.717, 1.165) is 5.69 Å². The van der Waals surface area contributed by atoms with E-state index in [1.807, 2.05) is 6.92 Å². The van der Waals surface area contributed by atoms with Crippen molar-refractivity contribution in [3.05, 3.63) is 53.9 Å². The topological polar surface area (TPSA) is 62.2 Å². The molecular weight excluding hydrogens is 216 g/mol. The van der Waals surface area contributed by atoms with E-state index in [4.69, 9.17) is 0 Å². The SMILES string of the molecule is Cc1ncccc1NC(=O)c1cccc(O)c1. The van der Waals surface area contributed by atoms with Crippen molar-refractivity contribution in [3.63, 3.8) is 0 Å². The average Bonchev–Trinajstić information content (AvgIpc) is 2.32. The summed E-state index contributed by atoms with van der Waals surface area (Å²) >= 11 is 0. The number of benzene rings is 1. The van der Waals surface area contributed by atoms with Crippen molar-refractivity contribution in [1.29, 1.82) is 0 Å². The molecule has 4 heteroatoms. The quantitative estimate of drug-likeness (QED) is 0.829. The number of carbonyl (C=O) groups excluding carboxylic acids is 1. The molecule has 0 aliphatic heterocycles. The lowest BCUT2D eigenvalue weighted by Crippen LogP contribution is -2.12. The second-order valence-corrected chi connectivity index (χ2v) is 3.64. The van der Waals surface area contributed by atoms with Gasteiger partial charge in [0, 0.05) is 11.8 Å². The molecule has 0 saturated carbocycles. The zero-order chi connectivity index (χ0) is 12.3. The Labute approximate surface area is 98.9 Å². The zero-order valence-electron chi connectivity index (χ0n) is 9.34. The summed E-state index contributed by atoms with van der Waals surface area (Å²) in [5, 5.41) is 12.0. The van der Waals surface area contributed by atoms with Crippen molar-refractivity contribution in [3.8, 4) is 5.75 Å². The molecule has 4 nitrogen and oxygen atoms in total. The third kappa shape index (κ3) is 2.60. The van der Waals surface area contributed by atoms with Crippen molar-refractivity contribution in [1.82, 2.24) is 4.98 Å². The molecule has 1 aromatic heterocycles. The molecule has 1 amide bonds. The van der Waals surface area contributed by atoms with Crippen LogP contribution in [0.2, 0.25) is 0 Å². The molecule has 86 valence electrons. The normalized spacial score (nSPS) is 9.94. The summed E-state index contributed by atoms with van der Waals surface area (Å²) in [5.74, 6) is -0.197. The molecule has 2 aromatic rings. The van der Waals surface area contributed by atoms with Crippen LogP contribution >= 0.6 is 0 Å². The maximum atomic E-state index is 11.9. The number of aromatic hydroxyl groups is 1. The molecule has 0 bridgehead atoms. The van der Waals surface area contributed by atoms with E-state index in [9.17, 15) is 9.90 Å². The first-order chi connectivity index (χ1) is 8.16. The van der Waals surface area contributed by atoms with Gasteiger partial charge in [-0.25, -0.2) is 0 Å². The minimum absolute atomic E-state index is 0.0700. The first kappa shape index (κ1) is 11.1. The van der Waals surface area contributed by atoms with Crippen molar-refractivity contribution in [2.45, 2.75) is 6.92 Å². The first-order valence-electron chi connectivity index (χ1n) is 5.19. The number of hydrogen-bond donors (Lipinski definition) is 2. The van der Waals surface area contributed by atoms with Gasteiger partial charge in [0.15, 0.2) is 0 Å². The molecule has 2 N–H and O–H groups in total. The second kappa shape index (κ2) is 4.65. The van der Waals surface area contributed by atoms with Crippen LogP contribution in [0.5, 0.6) is 5.75 Å². The van der Waals surface area contributed by atoms with Crippen LogP contribution < -0.4 is 5.32 Å². The molecule has 0 fully saturated rings. The Morgan fingerprint density at radius 1 is 1.29 bits per heavy atom. The van der Waals surface area contributed by atoms with Gasteiger partial charge in [0.05, 0.1) is 11.4 Å². The van der Waals surface area contributed by atoms with Crippen LogP contribution in [0.25, 0.3) is 0 Å². The number of rotatable bonds is 2. The summed E-state index contributed by atoms with van der Waals surface area (Å²) in [7, 11) is 0. The van der Waals surface area contributed by atoms with Gasteiger partial charge in [-0.2, -0.15) is 0 Å². The number of nitrogens with one attached hydrogen (secondary N) is 1. The van der Waals surface area contributed by atoms with Gasteiger partial charge >= 0.3 is 0 Å². The Morgan fingerprint density at radius 2 is 2.12 bits per heavy atom. The van der Waals surface area contributed by atoms with Crippen LogP contribution in [0, 0.1) is 6.92 Å². The fourth-order valence-corrected chi connectivity index (χ4v) is 1.46. The molecule has 1 heterocycles. The Kier molecular flexibility index (Phi) is 3.05. The first-order valence-corrected chi connectivity index (χ1v) is 5.19. The van der Waals surface area contributed by atoms with Crippen molar-refractivity contribution < 1.29 is 9.90 Å². The number of hydrogen-bond acceptors (Lipinski definition) is 3. The number of phenols is 1. The minimum atomic E-state index is -0.267. The highest BCUT2D eigenvalue weighted by molar-refractivity contribution is 6.04. The van der Waals surface area contributed by atoms with Gasteiger partial charge in [0.1, 0.15) is 5.75 Å². The lowest BCUT2D eigenvalue weighted by molar-refractivity contribution is 0.102. The Hall–Kier alpha value is -2.36. The van der Waals surface area contributed by atoms with Gasteiger partial charge in [-0.1, -0.05) is 6.07 Å².